The smallest absolute Gasteiger partial charge is 0.189 e. The van der Waals surface area contributed by atoms with E-state index in [0.717, 1.165) is 54.6 Å². The summed E-state index contributed by atoms with van der Waals surface area (Å²) in [5.41, 5.74) is 2.14. The number of benzene rings is 1. The molecule has 1 N–H and O–H groups in total. The van der Waals surface area contributed by atoms with Crippen molar-refractivity contribution in [2.24, 2.45) is 0 Å². The van der Waals surface area contributed by atoms with E-state index in [2.05, 4.69) is 24.1 Å². The van der Waals surface area contributed by atoms with Gasteiger partial charge in [0.1, 0.15) is 5.75 Å². The molecule has 1 aromatic carbocycles. The first-order chi connectivity index (χ1) is 9.74. The Morgan fingerprint density at radius 3 is 2.85 bits per heavy atom. The molecule has 0 aromatic heterocycles. The molecule has 0 spiro atoms. The summed E-state index contributed by atoms with van der Waals surface area (Å²) in [6.45, 7) is 10.2. The first kappa shape index (κ1) is 15.6. The molecule has 0 fully saturated rings. The van der Waals surface area contributed by atoms with E-state index in [1.807, 2.05) is 12.1 Å². The van der Waals surface area contributed by atoms with Gasteiger partial charge in [0.25, 0.3) is 0 Å². The van der Waals surface area contributed by atoms with Crippen LogP contribution < -0.4 is 10.1 Å². The summed E-state index contributed by atoms with van der Waals surface area (Å²) in [5.74, 6) is 0.927. The molecular formula is C15H23ClN2O2. The predicted octanol–water partition coefficient (Wildman–Crippen LogP) is 2.64. The average molecular weight is 299 g/mol. The minimum Gasteiger partial charge on any atom is -0.467 e. The van der Waals surface area contributed by atoms with Crippen molar-refractivity contribution >= 4 is 11.6 Å². The van der Waals surface area contributed by atoms with Crippen LogP contribution in [0.15, 0.2) is 12.1 Å². The fourth-order valence-electron chi connectivity index (χ4n) is 2.39. The lowest BCUT2D eigenvalue weighted by Gasteiger charge is -2.22. The molecular weight excluding hydrogens is 276 g/mol. The second-order valence-electron chi connectivity index (χ2n) is 4.87. The van der Waals surface area contributed by atoms with Gasteiger partial charge in [-0.1, -0.05) is 25.4 Å². The Morgan fingerprint density at radius 1 is 1.30 bits per heavy atom. The number of hydrogen-bond donors (Lipinski definition) is 1. The molecule has 0 unspecified atom stereocenters. The van der Waals surface area contributed by atoms with Crippen LogP contribution in [0.2, 0.25) is 5.02 Å². The van der Waals surface area contributed by atoms with Gasteiger partial charge in [-0.25, -0.2) is 0 Å². The highest BCUT2D eigenvalue weighted by molar-refractivity contribution is 6.30. The van der Waals surface area contributed by atoms with E-state index < -0.39 is 0 Å². The molecule has 1 aliphatic rings. The fourth-order valence-corrected chi connectivity index (χ4v) is 2.65. The summed E-state index contributed by atoms with van der Waals surface area (Å²) in [7, 11) is 0. The van der Waals surface area contributed by atoms with E-state index in [4.69, 9.17) is 21.1 Å². The molecule has 112 valence electrons. The van der Waals surface area contributed by atoms with Gasteiger partial charge in [-0.05, 0) is 25.2 Å². The van der Waals surface area contributed by atoms with Gasteiger partial charge in [0.05, 0.1) is 6.61 Å². The van der Waals surface area contributed by atoms with E-state index in [0.29, 0.717) is 13.4 Å². The molecule has 1 aliphatic heterocycles. The van der Waals surface area contributed by atoms with E-state index in [1.165, 1.54) is 0 Å². The Balaban J connectivity index is 1.91. The zero-order valence-corrected chi connectivity index (χ0v) is 13.0. The lowest BCUT2D eigenvalue weighted by Crippen LogP contribution is -2.31. The van der Waals surface area contributed by atoms with Crippen molar-refractivity contribution in [2.45, 2.75) is 27.0 Å². The van der Waals surface area contributed by atoms with Crippen LogP contribution >= 0.6 is 11.6 Å². The maximum atomic E-state index is 6.14. The number of halogens is 1. The Labute approximate surface area is 126 Å². The van der Waals surface area contributed by atoms with Crippen LogP contribution in [0.25, 0.3) is 0 Å². The van der Waals surface area contributed by atoms with E-state index in [1.54, 1.807) is 0 Å². The fraction of sp³-hybridized carbons (Fsp3) is 0.600. The van der Waals surface area contributed by atoms with Crippen LogP contribution in [-0.2, 0) is 17.9 Å². The molecule has 0 atom stereocenters. The highest BCUT2D eigenvalue weighted by atomic mass is 35.5. The molecule has 5 heteroatoms. The van der Waals surface area contributed by atoms with Crippen LogP contribution in [-0.4, -0.2) is 37.9 Å². The number of likely N-dealkylation sites (N-methyl/N-ethyl adjacent to an activating group) is 1. The Bertz CT molecular complexity index is 436. The summed E-state index contributed by atoms with van der Waals surface area (Å²) < 4.78 is 10.9. The van der Waals surface area contributed by atoms with Crippen LogP contribution in [0.5, 0.6) is 5.75 Å². The number of ether oxygens (including phenoxy) is 2. The predicted molar refractivity (Wildman–Crippen MR) is 81.2 cm³/mol. The Kier molecular flexibility index (Phi) is 6.10. The molecule has 1 heterocycles. The van der Waals surface area contributed by atoms with Crippen molar-refractivity contribution in [3.05, 3.63) is 28.3 Å². The minimum atomic E-state index is 0.321. The average Bonchev–Trinajstić information content (AvgIpc) is 2.47. The first-order valence-electron chi connectivity index (χ1n) is 7.19. The lowest BCUT2D eigenvalue weighted by molar-refractivity contribution is -0.0171. The van der Waals surface area contributed by atoms with Gasteiger partial charge in [0.2, 0.25) is 0 Å². The first-order valence-corrected chi connectivity index (χ1v) is 7.57. The zero-order chi connectivity index (χ0) is 14.4. The van der Waals surface area contributed by atoms with E-state index >= 15 is 0 Å². The van der Waals surface area contributed by atoms with Crippen LogP contribution in [0.1, 0.15) is 25.0 Å². The van der Waals surface area contributed by atoms with Crippen molar-refractivity contribution in [3.63, 3.8) is 0 Å². The number of nitrogens with one attached hydrogen (secondary N) is 1. The zero-order valence-electron chi connectivity index (χ0n) is 12.2. The lowest BCUT2D eigenvalue weighted by atomic mass is 10.1. The maximum absolute atomic E-state index is 6.14. The maximum Gasteiger partial charge on any atom is 0.189 e. The summed E-state index contributed by atoms with van der Waals surface area (Å²) in [5, 5.41) is 4.19. The summed E-state index contributed by atoms with van der Waals surface area (Å²) in [6.07, 6.45) is 0. The summed E-state index contributed by atoms with van der Waals surface area (Å²) >= 11 is 6.14. The molecule has 4 nitrogen and oxygen atoms in total. The largest absolute Gasteiger partial charge is 0.467 e. The molecule has 20 heavy (non-hydrogen) atoms. The van der Waals surface area contributed by atoms with Crippen LogP contribution in [0, 0.1) is 0 Å². The highest BCUT2D eigenvalue weighted by Gasteiger charge is 2.16. The standard InChI is InChI=1S/C15H23ClN2O2/c1-3-18(4-2)6-5-17-9-12-7-14(16)8-13-10-19-11-20-15(12)13/h7-8,17H,3-6,9-11H2,1-2H3. The van der Waals surface area contributed by atoms with E-state index in [-0.39, 0.29) is 0 Å². The highest BCUT2D eigenvalue weighted by Crippen LogP contribution is 2.31. The third kappa shape index (κ3) is 4.09. The monoisotopic (exact) mass is 298 g/mol. The molecule has 1 aromatic rings. The molecule has 0 amide bonds. The van der Waals surface area contributed by atoms with Gasteiger partial charge in [0, 0.05) is 35.8 Å². The topological polar surface area (TPSA) is 33.7 Å². The molecule has 0 bridgehead atoms. The van der Waals surface area contributed by atoms with Gasteiger partial charge in [-0.2, -0.15) is 0 Å². The third-order valence-electron chi connectivity index (χ3n) is 3.57. The van der Waals surface area contributed by atoms with Crippen molar-refractivity contribution in [1.29, 1.82) is 0 Å². The van der Waals surface area contributed by atoms with Crippen molar-refractivity contribution in [1.82, 2.24) is 10.2 Å². The Hall–Kier alpha value is -0.810. The minimum absolute atomic E-state index is 0.321. The van der Waals surface area contributed by atoms with Gasteiger partial charge < -0.3 is 19.7 Å². The molecule has 0 saturated carbocycles. The number of rotatable bonds is 7. The van der Waals surface area contributed by atoms with Gasteiger partial charge >= 0.3 is 0 Å². The molecule has 0 saturated heterocycles. The third-order valence-corrected chi connectivity index (χ3v) is 3.78. The molecule has 2 rings (SSSR count). The quantitative estimate of drug-likeness (QED) is 0.785. The van der Waals surface area contributed by atoms with Gasteiger partial charge in [0.15, 0.2) is 6.79 Å². The van der Waals surface area contributed by atoms with Crippen LogP contribution in [0.3, 0.4) is 0 Å². The number of hydrogen-bond acceptors (Lipinski definition) is 4. The van der Waals surface area contributed by atoms with Crippen molar-refractivity contribution in [2.75, 3.05) is 33.0 Å². The second kappa shape index (κ2) is 7.84. The normalized spacial score (nSPS) is 14.2. The molecule has 0 radical (unpaired) electrons. The second-order valence-corrected chi connectivity index (χ2v) is 5.30. The Morgan fingerprint density at radius 2 is 2.10 bits per heavy atom. The van der Waals surface area contributed by atoms with Crippen LogP contribution in [0.4, 0.5) is 0 Å². The SMILES string of the molecule is CCN(CC)CCNCc1cc(Cl)cc2c1OCOC2. The molecule has 0 aliphatic carbocycles. The van der Waals surface area contributed by atoms with Crippen molar-refractivity contribution < 1.29 is 9.47 Å². The summed E-state index contributed by atoms with van der Waals surface area (Å²) in [4.78, 5) is 2.39. The number of nitrogens with zero attached hydrogens (tertiary/aromatic N) is 1. The van der Waals surface area contributed by atoms with Crippen molar-refractivity contribution in [3.8, 4) is 5.75 Å². The van der Waals surface area contributed by atoms with E-state index in [9.17, 15) is 0 Å². The van der Waals surface area contributed by atoms with Gasteiger partial charge in [-0.3, -0.25) is 0 Å². The van der Waals surface area contributed by atoms with Gasteiger partial charge in [-0.15, -0.1) is 0 Å². The summed E-state index contributed by atoms with van der Waals surface area (Å²) in [6, 6.07) is 3.88. The number of fused-ring (bicyclic) bond motifs is 1.